The minimum atomic E-state index is -3.12. The molecule has 218 valence electrons. The average molecular weight is 658 g/mol. The Kier molecular flexibility index (Phi) is 6.18. The third kappa shape index (κ3) is 3.87. The Bertz CT molecular complexity index is 2110. The minimum absolute atomic E-state index is 0.518. The third-order valence-corrected chi connectivity index (χ3v) is 22.4. The molecule has 6 aromatic carbocycles. The molecule has 1 heterocycles. The van der Waals surface area contributed by atoms with Crippen LogP contribution >= 0.6 is 0 Å². The van der Waals surface area contributed by atoms with Gasteiger partial charge in [-0.1, -0.05) is 0 Å². The first kappa shape index (κ1) is 27.5. The Morgan fingerprint density at radius 3 is 1.33 bits per heavy atom. The maximum absolute atomic E-state index is 3.12. The van der Waals surface area contributed by atoms with Gasteiger partial charge in [-0.3, -0.25) is 0 Å². The van der Waals surface area contributed by atoms with Gasteiger partial charge in [0.1, 0.15) is 0 Å². The molecule has 0 aromatic heterocycles. The van der Waals surface area contributed by atoms with E-state index in [4.69, 9.17) is 0 Å². The van der Waals surface area contributed by atoms with Crippen LogP contribution in [0.4, 0.5) is 0 Å². The summed E-state index contributed by atoms with van der Waals surface area (Å²) in [6.07, 6.45) is 2.10. The molecule has 0 nitrogen and oxygen atoms in total. The molecule has 45 heavy (non-hydrogen) atoms. The molecule has 1 heteroatoms. The fraction of sp³-hybridized carbons (Fsp3) is 0.182. The normalized spacial score (nSPS) is 19.8. The molecule has 2 aliphatic carbocycles. The zero-order valence-electron chi connectivity index (χ0n) is 26.6. The van der Waals surface area contributed by atoms with E-state index in [1.807, 2.05) is 0 Å². The molecule has 0 fully saturated rings. The van der Waals surface area contributed by atoms with Crippen molar-refractivity contribution in [2.45, 2.75) is 43.2 Å². The van der Waals surface area contributed by atoms with Crippen LogP contribution in [0.2, 0.25) is 9.26 Å². The number of hydrogen-bond acceptors (Lipinski definition) is 0. The Labute approximate surface area is 271 Å². The van der Waals surface area contributed by atoms with Crippen molar-refractivity contribution in [2.24, 2.45) is 0 Å². The molecule has 3 aliphatic rings. The molecule has 9 rings (SSSR count). The van der Waals surface area contributed by atoms with Crippen molar-refractivity contribution in [3.8, 4) is 0 Å². The van der Waals surface area contributed by atoms with Crippen molar-refractivity contribution in [2.75, 3.05) is 0 Å². The molecular formula is C44H38Zr. The first-order chi connectivity index (χ1) is 21.9. The summed E-state index contributed by atoms with van der Waals surface area (Å²) < 4.78 is 6.56. The molecule has 2 atom stereocenters. The van der Waals surface area contributed by atoms with Gasteiger partial charge < -0.3 is 0 Å². The van der Waals surface area contributed by atoms with Crippen molar-refractivity contribution in [3.05, 3.63) is 177 Å². The number of hydrogen-bond donors (Lipinski definition) is 0. The van der Waals surface area contributed by atoms with E-state index in [2.05, 4.69) is 144 Å². The molecular weight excluding hydrogens is 620 g/mol. The van der Waals surface area contributed by atoms with Gasteiger partial charge in [0, 0.05) is 0 Å². The molecule has 6 aromatic rings. The fourth-order valence-corrected chi connectivity index (χ4v) is 22.0. The van der Waals surface area contributed by atoms with Crippen LogP contribution in [0.3, 0.4) is 0 Å². The fourth-order valence-electron chi connectivity index (χ4n) is 9.83. The van der Waals surface area contributed by atoms with Gasteiger partial charge in [-0.25, -0.2) is 0 Å². The first-order valence-corrected chi connectivity index (χ1v) is 24.3. The Morgan fingerprint density at radius 1 is 0.467 bits per heavy atom. The van der Waals surface area contributed by atoms with Crippen molar-refractivity contribution in [3.63, 3.8) is 0 Å². The van der Waals surface area contributed by atoms with Crippen molar-refractivity contribution >= 4 is 32.7 Å². The number of rotatable bonds is 2. The zero-order valence-corrected chi connectivity index (χ0v) is 29.1. The molecule has 2 unspecified atom stereocenters. The predicted molar refractivity (Wildman–Crippen MR) is 189 cm³/mol. The first-order valence-electron chi connectivity index (χ1n) is 16.6. The van der Waals surface area contributed by atoms with Gasteiger partial charge in [0.05, 0.1) is 0 Å². The van der Waals surface area contributed by atoms with Gasteiger partial charge >= 0.3 is 273 Å². The summed E-state index contributed by atoms with van der Waals surface area (Å²) in [5.41, 5.74) is 18.4. The molecule has 8 bridgehead atoms. The summed E-state index contributed by atoms with van der Waals surface area (Å²) >= 11 is -3.12. The van der Waals surface area contributed by atoms with E-state index in [9.17, 15) is 0 Å². The molecule has 1 aliphatic heterocycles. The summed E-state index contributed by atoms with van der Waals surface area (Å²) in [5, 5.41) is 5.41. The van der Waals surface area contributed by atoms with Crippen LogP contribution in [-0.2, 0) is 33.1 Å². The van der Waals surface area contributed by atoms with Crippen LogP contribution in [0.25, 0.3) is 32.7 Å². The van der Waals surface area contributed by atoms with Gasteiger partial charge in [0.25, 0.3) is 0 Å². The molecule has 0 amide bonds. The van der Waals surface area contributed by atoms with Crippen LogP contribution in [-0.4, -0.2) is 0 Å². The van der Waals surface area contributed by atoms with E-state index >= 15 is 0 Å². The molecule has 0 radical (unpaired) electrons. The molecule has 0 saturated carbocycles. The monoisotopic (exact) mass is 656 g/mol. The van der Waals surface area contributed by atoms with E-state index in [0.29, 0.717) is 7.25 Å². The van der Waals surface area contributed by atoms with Gasteiger partial charge in [0.2, 0.25) is 0 Å². The molecule has 0 spiro atoms. The summed E-state index contributed by atoms with van der Waals surface area (Å²) in [6.45, 7) is 4.99. The summed E-state index contributed by atoms with van der Waals surface area (Å²) in [4.78, 5) is 0. The number of fused-ring (bicyclic) bond motifs is 2. The van der Waals surface area contributed by atoms with Gasteiger partial charge in [-0.15, -0.1) is 0 Å². The van der Waals surface area contributed by atoms with Gasteiger partial charge in [-0.05, 0) is 0 Å². The van der Waals surface area contributed by atoms with Crippen molar-refractivity contribution < 1.29 is 20.3 Å². The molecule has 0 N–H and O–H groups in total. The second-order valence-electron chi connectivity index (χ2n) is 14.1. The van der Waals surface area contributed by atoms with Crippen LogP contribution in [0.15, 0.2) is 132 Å². The predicted octanol–water partition coefficient (Wildman–Crippen LogP) is 11.8. The van der Waals surface area contributed by atoms with Gasteiger partial charge in [-0.2, -0.15) is 0 Å². The summed E-state index contributed by atoms with van der Waals surface area (Å²) in [7, 11) is 0. The SMILES string of the molecule is CC1=C(c2cccc3ccccc23)c2c3cccc2[CH]1[Zr]([CH3])([CH3])[CH]1C(C)=C(c2cccc4ccccc24)c2c(cccc21)CC3. The van der Waals surface area contributed by atoms with Crippen LogP contribution in [0.1, 0.15) is 65.6 Å². The van der Waals surface area contributed by atoms with E-state index < -0.39 is 20.3 Å². The van der Waals surface area contributed by atoms with E-state index in [-0.39, 0.29) is 0 Å². The Hall–Kier alpha value is -3.80. The second kappa shape index (κ2) is 10.1. The topological polar surface area (TPSA) is 0 Å². The van der Waals surface area contributed by atoms with Crippen molar-refractivity contribution in [1.82, 2.24) is 0 Å². The summed E-state index contributed by atoms with van der Waals surface area (Å²) in [5.74, 6) is 0. The van der Waals surface area contributed by atoms with Crippen LogP contribution in [0, 0.1) is 0 Å². The second-order valence-corrected chi connectivity index (χ2v) is 25.9. The Morgan fingerprint density at radius 2 is 0.867 bits per heavy atom. The van der Waals surface area contributed by atoms with Crippen LogP contribution < -0.4 is 0 Å². The summed E-state index contributed by atoms with van der Waals surface area (Å²) in [6, 6.07) is 46.4. The number of allylic oxidation sites excluding steroid dienone is 2. The standard InChI is InChI=1S/C42H32.2CH3.Zr/c1-27-25-33-17-7-15-31(41(33)39(27)37-21-9-13-29-11-3-5-19-35(29)37)23-24-32-16-8-18-34-26-28(2)40(42(32)34)38-22-10-14-30-12-4-6-20-36(30)38;;;/h3-22,25-26H,23-24H2,1-2H3;2*1H3;. The zero-order chi connectivity index (χ0) is 30.4. The van der Waals surface area contributed by atoms with E-state index in [1.54, 1.807) is 33.4 Å². The Balaban J connectivity index is 1.35. The molecule has 0 saturated heterocycles. The number of aryl methyl sites for hydroxylation is 2. The van der Waals surface area contributed by atoms with E-state index in [0.717, 1.165) is 12.8 Å². The maximum atomic E-state index is 2.76. The van der Waals surface area contributed by atoms with Crippen molar-refractivity contribution in [1.29, 1.82) is 0 Å². The average Bonchev–Trinajstić information content (AvgIpc) is 3.54. The quantitative estimate of drug-likeness (QED) is 0.174. The third-order valence-electron chi connectivity index (χ3n) is 11.4. The van der Waals surface area contributed by atoms with Gasteiger partial charge in [0.15, 0.2) is 0 Å². The van der Waals surface area contributed by atoms with Crippen LogP contribution in [0.5, 0.6) is 0 Å². The number of benzene rings is 6. The van der Waals surface area contributed by atoms with E-state index in [1.165, 1.54) is 54.9 Å².